The molecule has 2 aliphatic rings. The van der Waals surface area contributed by atoms with Crippen molar-refractivity contribution < 1.29 is 13.9 Å². The van der Waals surface area contributed by atoms with Crippen LogP contribution < -0.4 is 0 Å². The number of fused-ring (bicyclic) bond motifs is 1. The van der Waals surface area contributed by atoms with Crippen LogP contribution in [0.4, 0.5) is 4.39 Å². The Labute approximate surface area is 122 Å². The summed E-state index contributed by atoms with van der Waals surface area (Å²) in [4.78, 5) is 14.3. The van der Waals surface area contributed by atoms with Crippen molar-refractivity contribution in [3.8, 4) is 0 Å². The second-order valence-electron chi connectivity index (χ2n) is 5.65. The van der Waals surface area contributed by atoms with E-state index in [0.717, 1.165) is 12.8 Å². The molecule has 0 saturated carbocycles. The van der Waals surface area contributed by atoms with Crippen LogP contribution in [0, 0.1) is 11.7 Å². The Balaban J connectivity index is 1.73. The highest BCUT2D eigenvalue weighted by Crippen LogP contribution is 2.33. The van der Waals surface area contributed by atoms with Crippen LogP contribution in [0.2, 0.25) is 5.02 Å². The van der Waals surface area contributed by atoms with Crippen LogP contribution in [-0.4, -0.2) is 36.1 Å². The van der Waals surface area contributed by atoms with Crippen molar-refractivity contribution in [3.05, 3.63) is 34.6 Å². The Kier molecular flexibility index (Phi) is 3.69. The first-order valence-electron chi connectivity index (χ1n) is 6.94. The minimum Gasteiger partial charge on any atom is -0.375 e. The van der Waals surface area contributed by atoms with Crippen molar-refractivity contribution in [2.75, 3.05) is 13.1 Å². The second kappa shape index (κ2) is 5.34. The molecule has 0 bridgehead atoms. The zero-order valence-electron chi connectivity index (χ0n) is 11.3. The van der Waals surface area contributed by atoms with Crippen molar-refractivity contribution in [1.29, 1.82) is 0 Å². The lowest BCUT2D eigenvalue weighted by molar-refractivity contribution is 0.00865. The number of carbonyl (C=O) groups is 1. The van der Waals surface area contributed by atoms with Crippen molar-refractivity contribution in [3.63, 3.8) is 0 Å². The molecule has 2 heterocycles. The molecule has 3 rings (SSSR count). The third-order valence-corrected chi connectivity index (χ3v) is 4.45. The van der Waals surface area contributed by atoms with Gasteiger partial charge in [-0.1, -0.05) is 11.6 Å². The summed E-state index contributed by atoms with van der Waals surface area (Å²) in [5.41, 5.74) is 0.446. The summed E-state index contributed by atoms with van der Waals surface area (Å²) in [5, 5.41) is -0.0106. The highest BCUT2D eigenvalue weighted by atomic mass is 35.5. The molecule has 0 aromatic heterocycles. The first kappa shape index (κ1) is 13.8. The number of hydrogen-bond donors (Lipinski definition) is 0. The number of ether oxygens (including phenoxy) is 1. The van der Waals surface area contributed by atoms with Crippen LogP contribution >= 0.6 is 11.6 Å². The van der Waals surface area contributed by atoms with Gasteiger partial charge < -0.3 is 9.64 Å². The molecule has 2 fully saturated rings. The van der Waals surface area contributed by atoms with Gasteiger partial charge in [-0.15, -0.1) is 0 Å². The number of carbonyl (C=O) groups excluding carboxylic acids is 1. The topological polar surface area (TPSA) is 29.5 Å². The van der Waals surface area contributed by atoms with Crippen molar-refractivity contribution in [2.24, 2.45) is 5.92 Å². The van der Waals surface area contributed by atoms with Crippen LogP contribution in [0.3, 0.4) is 0 Å². The van der Waals surface area contributed by atoms with Crippen LogP contribution in [0.5, 0.6) is 0 Å². The minimum atomic E-state index is -0.500. The van der Waals surface area contributed by atoms with E-state index < -0.39 is 5.82 Å². The average molecular weight is 298 g/mol. The number of piperidine rings is 1. The van der Waals surface area contributed by atoms with Gasteiger partial charge in [-0.05, 0) is 38.0 Å². The molecule has 20 heavy (non-hydrogen) atoms. The number of likely N-dealkylation sites (tertiary alicyclic amines) is 1. The Morgan fingerprint density at radius 1 is 1.50 bits per heavy atom. The normalized spacial score (nSPS) is 29.4. The molecule has 3 nitrogen and oxygen atoms in total. The maximum atomic E-state index is 13.2. The zero-order valence-corrected chi connectivity index (χ0v) is 12.1. The van der Waals surface area contributed by atoms with Crippen LogP contribution in [-0.2, 0) is 4.74 Å². The summed E-state index contributed by atoms with van der Waals surface area (Å²) in [6.07, 6.45) is 2.43. The molecule has 1 aromatic carbocycles. The molecule has 1 amide bonds. The van der Waals surface area contributed by atoms with E-state index in [1.54, 1.807) is 0 Å². The van der Waals surface area contributed by atoms with Gasteiger partial charge in [0, 0.05) is 24.6 Å². The van der Waals surface area contributed by atoms with Crippen LogP contribution in [0.1, 0.15) is 30.1 Å². The molecule has 0 aliphatic carbocycles. The van der Waals surface area contributed by atoms with Gasteiger partial charge in [-0.2, -0.15) is 0 Å². The SMILES string of the molecule is C[C@H]1C[C@H]2CN(C(=O)c3ccc(F)c(Cl)c3)CC[C@H]2O1. The first-order valence-corrected chi connectivity index (χ1v) is 7.32. The lowest BCUT2D eigenvalue weighted by atomic mass is 9.92. The number of benzene rings is 1. The molecule has 2 saturated heterocycles. The Hall–Kier alpha value is -1.13. The molecule has 1 aromatic rings. The highest BCUT2D eigenvalue weighted by Gasteiger charge is 2.38. The van der Waals surface area contributed by atoms with E-state index in [1.807, 2.05) is 4.90 Å². The van der Waals surface area contributed by atoms with Crippen molar-refractivity contribution >= 4 is 17.5 Å². The van der Waals surface area contributed by atoms with Gasteiger partial charge in [-0.3, -0.25) is 4.79 Å². The van der Waals surface area contributed by atoms with E-state index in [0.29, 0.717) is 24.6 Å². The predicted octanol–water partition coefficient (Wildman–Crippen LogP) is 3.12. The lowest BCUT2D eigenvalue weighted by Gasteiger charge is -2.34. The van der Waals surface area contributed by atoms with E-state index in [2.05, 4.69) is 6.92 Å². The van der Waals surface area contributed by atoms with E-state index in [4.69, 9.17) is 16.3 Å². The third-order valence-electron chi connectivity index (χ3n) is 4.16. The number of hydrogen-bond acceptors (Lipinski definition) is 2. The van der Waals surface area contributed by atoms with E-state index >= 15 is 0 Å². The fourth-order valence-corrected chi connectivity index (χ4v) is 3.37. The quantitative estimate of drug-likeness (QED) is 0.797. The van der Waals surface area contributed by atoms with Crippen LogP contribution in [0.25, 0.3) is 0 Å². The molecule has 0 spiro atoms. The molecule has 0 N–H and O–H groups in total. The maximum Gasteiger partial charge on any atom is 0.253 e. The molecule has 3 atom stereocenters. The standard InChI is InChI=1S/C15H17ClFNO2/c1-9-6-11-8-18(5-4-14(11)20-9)15(19)10-2-3-13(17)12(16)7-10/h2-3,7,9,11,14H,4-6,8H2,1H3/t9-,11-,14+/m0/s1. The Morgan fingerprint density at radius 2 is 2.30 bits per heavy atom. The minimum absolute atomic E-state index is 0.0106. The molecule has 0 unspecified atom stereocenters. The predicted molar refractivity (Wildman–Crippen MR) is 74.4 cm³/mol. The van der Waals surface area contributed by atoms with Gasteiger partial charge in [0.1, 0.15) is 5.82 Å². The number of nitrogens with zero attached hydrogens (tertiary/aromatic N) is 1. The summed E-state index contributed by atoms with van der Waals surface area (Å²) in [6, 6.07) is 4.13. The molecule has 2 aliphatic heterocycles. The second-order valence-corrected chi connectivity index (χ2v) is 6.06. The van der Waals surface area contributed by atoms with Gasteiger partial charge in [0.2, 0.25) is 0 Å². The largest absolute Gasteiger partial charge is 0.375 e. The maximum absolute atomic E-state index is 13.2. The molecular formula is C15H17ClFNO2. The van der Waals surface area contributed by atoms with Crippen molar-refractivity contribution in [1.82, 2.24) is 4.90 Å². The van der Waals surface area contributed by atoms with Gasteiger partial charge in [0.25, 0.3) is 5.91 Å². The summed E-state index contributed by atoms with van der Waals surface area (Å²) in [6.45, 7) is 3.47. The number of rotatable bonds is 1. The number of amides is 1. The summed E-state index contributed by atoms with van der Waals surface area (Å²) >= 11 is 5.74. The van der Waals surface area contributed by atoms with E-state index in [9.17, 15) is 9.18 Å². The molecule has 5 heteroatoms. The van der Waals surface area contributed by atoms with Gasteiger partial charge >= 0.3 is 0 Å². The Morgan fingerprint density at radius 3 is 3.05 bits per heavy atom. The lowest BCUT2D eigenvalue weighted by Crippen LogP contribution is -2.44. The first-order chi connectivity index (χ1) is 9.54. The van der Waals surface area contributed by atoms with Crippen molar-refractivity contribution in [2.45, 2.75) is 32.0 Å². The zero-order chi connectivity index (χ0) is 14.3. The van der Waals surface area contributed by atoms with Crippen LogP contribution in [0.15, 0.2) is 18.2 Å². The molecular weight excluding hydrogens is 281 g/mol. The van der Waals surface area contributed by atoms with Gasteiger partial charge in [0.15, 0.2) is 0 Å². The average Bonchev–Trinajstić information content (AvgIpc) is 2.80. The summed E-state index contributed by atoms with van der Waals surface area (Å²) < 4.78 is 19.0. The summed E-state index contributed by atoms with van der Waals surface area (Å²) in [7, 11) is 0. The Bertz CT molecular complexity index is 537. The van der Waals surface area contributed by atoms with E-state index in [1.165, 1.54) is 18.2 Å². The van der Waals surface area contributed by atoms with E-state index in [-0.39, 0.29) is 23.1 Å². The molecule has 108 valence electrons. The highest BCUT2D eigenvalue weighted by molar-refractivity contribution is 6.31. The number of halogens is 2. The fourth-order valence-electron chi connectivity index (χ4n) is 3.19. The summed E-state index contributed by atoms with van der Waals surface area (Å²) in [5.74, 6) is -0.163. The third kappa shape index (κ3) is 2.54. The van der Waals surface area contributed by atoms with Gasteiger partial charge in [-0.25, -0.2) is 4.39 Å². The smallest absolute Gasteiger partial charge is 0.253 e. The monoisotopic (exact) mass is 297 g/mol. The van der Waals surface area contributed by atoms with Gasteiger partial charge in [0.05, 0.1) is 17.2 Å². The molecule has 0 radical (unpaired) electrons. The fraction of sp³-hybridized carbons (Fsp3) is 0.533.